The van der Waals surface area contributed by atoms with E-state index in [0.717, 1.165) is 0 Å². The van der Waals surface area contributed by atoms with Crippen molar-refractivity contribution in [2.45, 2.75) is 0 Å². The number of aromatic hydroxyl groups is 1. The highest BCUT2D eigenvalue weighted by Crippen LogP contribution is 2.21. The highest BCUT2D eigenvalue weighted by atomic mass is 35.5. The van der Waals surface area contributed by atoms with Gasteiger partial charge in [-0.15, -0.1) is 10.2 Å². The van der Waals surface area contributed by atoms with Crippen LogP contribution in [0.2, 0.25) is 5.02 Å². The van der Waals surface area contributed by atoms with Crippen molar-refractivity contribution in [3.8, 4) is 5.75 Å². The van der Waals surface area contributed by atoms with E-state index >= 15 is 0 Å². The van der Waals surface area contributed by atoms with E-state index in [1.165, 1.54) is 12.1 Å². The third-order valence-corrected chi connectivity index (χ3v) is 3.94. The molecule has 0 atom stereocenters. The standard InChI is InChI=1S/C20H14ClN3O4/c21-17-7-3-1-5-15(17)20(27)28-24-14-11-9-13(10-12-14)22-23-19(26)16-6-2-4-8-18(16)25/h1-12,24-25H. The molecule has 0 heterocycles. The molecule has 0 unspecified atom stereocenters. The van der Waals surface area contributed by atoms with Crippen LogP contribution in [0.4, 0.5) is 11.4 Å². The molecule has 0 aliphatic rings. The number of phenolic OH excluding ortho intramolecular Hbond substituents is 1. The van der Waals surface area contributed by atoms with Crippen LogP contribution >= 0.6 is 11.6 Å². The number of amides is 1. The molecular formula is C20H14ClN3O4. The molecule has 0 bridgehead atoms. The van der Waals surface area contributed by atoms with Crippen LogP contribution in [0.1, 0.15) is 20.7 Å². The van der Waals surface area contributed by atoms with Crippen molar-refractivity contribution >= 4 is 34.9 Å². The van der Waals surface area contributed by atoms with Crippen molar-refractivity contribution in [3.05, 3.63) is 88.9 Å². The third-order valence-electron chi connectivity index (χ3n) is 3.61. The molecule has 0 spiro atoms. The number of nitrogens with one attached hydrogen (secondary N) is 1. The van der Waals surface area contributed by atoms with Gasteiger partial charge in [0.2, 0.25) is 0 Å². The zero-order valence-corrected chi connectivity index (χ0v) is 15.1. The summed E-state index contributed by atoms with van der Waals surface area (Å²) in [7, 11) is 0. The minimum absolute atomic E-state index is 0.0658. The lowest BCUT2D eigenvalue weighted by molar-refractivity contribution is 0.0596. The number of anilines is 1. The fraction of sp³-hybridized carbons (Fsp3) is 0. The van der Waals surface area contributed by atoms with Crippen molar-refractivity contribution < 1.29 is 19.5 Å². The number of para-hydroxylation sites is 1. The van der Waals surface area contributed by atoms with E-state index in [1.807, 2.05) is 0 Å². The summed E-state index contributed by atoms with van der Waals surface area (Å²) in [5.41, 5.74) is 3.72. The first kappa shape index (κ1) is 19.1. The second-order valence-electron chi connectivity index (χ2n) is 5.54. The molecule has 3 aromatic carbocycles. The number of phenols is 1. The fourth-order valence-electron chi connectivity index (χ4n) is 2.19. The summed E-state index contributed by atoms with van der Waals surface area (Å²) in [6.07, 6.45) is 0. The first-order valence-electron chi connectivity index (χ1n) is 8.10. The number of benzene rings is 3. The lowest BCUT2D eigenvalue weighted by atomic mass is 10.2. The Balaban J connectivity index is 1.59. The van der Waals surface area contributed by atoms with Crippen LogP contribution in [0.25, 0.3) is 0 Å². The maximum Gasteiger partial charge on any atom is 0.364 e. The molecule has 0 aliphatic carbocycles. The van der Waals surface area contributed by atoms with Gasteiger partial charge in [-0.05, 0) is 48.5 Å². The molecule has 7 nitrogen and oxygen atoms in total. The number of hydrogen-bond acceptors (Lipinski definition) is 6. The van der Waals surface area contributed by atoms with Gasteiger partial charge < -0.3 is 9.94 Å². The van der Waals surface area contributed by atoms with Gasteiger partial charge in [0.15, 0.2) is 0 Å². The lowest BCUT2D eigenvalue weighted by Gasteiger charge is -2.07. The molecular weight excluding hydrogens is 382 g/mol. The van der Waals surface area contributed by atoms with E-state index in [0.29, 0.717) is 16.4 Å². The zero-order chi connectivity index (χ0) is 19.9. The molecule has 140 valence electrons. The average Bonchev–Trinajstić information content (AvgIpc) is 2.71. The number of rotatable bonds is 5. The number of carbonyl (C=O) groups excluding carboxylic acids is 2. The van der Waals surface area contributed by atoms with Gasteiger partial charge in [0.25, 0.3) is 5.91 Å². The number of nitrogens with zero attached hydrogens (tertiary/aromatic N) is 2. The number of hydrogen-bond donors (Lipinski definition) is 2. The van der Waals surface area contributed by atoms with Gasteiger partial charge in [-0.1, -0.05) is 35.9 Å². The Morgan fingerprint density at radius 1 is 0.893 bits per heavy atom. The SMILES string of the molecule is O=C(N=Nc1ccc(NOC(=O)c2ccccc2Cl)cc1)c1ccccc1O. The molecule has 0 saturated heterocycles. The highest BCUT2D eigenvalue weighted by molar-refractivity contribution is 6.33. The summed E-state index contributed by atoms with van der Waals surface area (Å²) in [6.45, 7) is 0. The molecule has 0 saturated carbocycles. The fourth-order valence-corrected chi connectivity index (χ4v) is 2.41. The summed E-state index contributed by atoms with van der Waals surface area (Å²) in [5.74, 6) is -1.44. The van der Waals surface area contributed by atoms with E-state index in [9.17, 15) is 14.7 Å². The van der Waals surface area contributed by atoms with E-state index in [2.05, 4.69) is 15.7 Å². The van der Waals surface area contributed by atoms with Crippen LogP contribution in [-0.2, 0) is 4.84 Å². The number of halogens is 1. The quantitative estimate of drug-likeness (QED) is 0.459. The van der Waals surface area contributed by atoms with E-state index < -0.39 is 11.9 Å². The Bertz CT molecular complexity index is 1040. The molecule has 1 amide bonds. The molecule has 0 radical (unpaired) electrons. The Labute approximate surface area is 165 Å². The molecule has 3 rings (SSSR count). The second-order valence-corrected chi connectivity index (χ2v) is 5.95. The van der Waals surface area contributed by atoms with Crippen molar-refractivity contribution in [2.75, 3.05) is 5.48 Å². The van der Waals surface area contributed by atoms with Gasteiger partial charge in [0.05, 0.1) is 27.5 Å². The Morgan fingerprint density at radius 3 is 2.21 bits per heavy atom. The van der Waals surface area contributed by atoms with Gasteiger partial charge in [0.1, 0.15) is 5.75 Å². The minimum Gasteiger partial charge on any atom is -0.507 e. The average molecular weight is 396 g/mol. The van der Waals surface area contributed by atoms with Crippen LogP contribution in [0, 0.1) is 0 Å². The van der Waals surface area contributed by atoms with Crippen LogP contribution < -0.4 is 5.48 Å². The smallest absolute Gasteiger partial charge is 0.364 e. The summed E-state index contributed by atoms with van der Waals surface area (Å²) in [4.78, 5) is 28.9. The van der Waals surface area contributed by atoms with Crippen molar-refractivity contribution in [1.82, 2.24) is 0 Å². The summed E-state index contributed by atoms with van der Waals surface area (Å²) in [6, 6.07) is 19.0. The second kappa shape index (κ2) is 8.79. The normalized spacial score (nSPS) is 10.6. The number of azo groups is 1. The van der Waals surface area contributed by atoms with Gasteiger partial charge in [-0.25, -0.2) is 10.3 Å². The van der Waals surface area contributed by atoms with Gasteiger partial charge in [-0.2, -0.15) is 0 Å². The van der Waals surface area contributed by atoms with Crippen molar-refractivity contribution in [3.63, 3.8) is 0 Å². The lowest BCUT2D eigenvalue weighted by Crippen LogP contribution is -2.11. The molecule has 8 heteroatoms. The Morgan fingerprint density at radius 2 is 1.54 bits per heavy atom. The highest BCUT2D eigenvalue weighted by Gasteiger charge is 2.11. The summed E-state index contributed by atoms with van der Waals surface area (Å²) < 4.78 is 0. The maximum absolute atomic E-state index is 12.0. The minimum atomic E-state index is -0.658. The van der Waals surface area contributed by atoms with Crippen LogP contribution in [0.5, 0.6) is 5.75 Å². The monoisotopic (exact) mass is 395 g/mol. The van der Waals surface area contributed by atoms with Crippen LogP contribution in [0.15, 0.2) is 83.0 Å². The van der Waals surface area contributed by atoms with Gasteiger partial charge in [0, 0.05) is 0 Å². The first-order valence-corrected chi connectivity index (χ1v) is 8.48. The number of carbonyl (C=O) groups is 2. The largest absolute Gasteiger partial charge is 0.507 e. The van der Waals surface area contributed by atoms with Gasteiger partial charge in [-0.3, -0.25) is 4.79 Å². The topological polar surface area (TPSA) is 100 Å². The molecule has 2 N–H and O–H groups in total. The van der Waals surface area contributed by atoms with E-state index in [-0.39, 0.29) is 16.9 Å². The van der Waals surface area contributed by atoms with Crippen molar-refractivity contribution in [1.29, 1.82) is 0 Å². The summed E-state index contributed by atoms with van der Waals surface area (Å²) >= 11 is 5.94. The first-order chi connectivity index (χ1) is 13.5. The van der Waals surface area contributed by atoms with E-state index in [4.69, 9.17) is 16.4 Å². The molecule has 3 aromatic rings. The van der Waals surface area contributed by atoms with E-state index in [1.54, 1.807) is 60.7 Å². The molecule has 0 fully saturated rings. The van der Waals surface area contributed by atoms with Crippen molar-refractivity contribution in [2.24, 2.45) is 10.2 Å². The maximum atomic E-state index is 12.0. The Hall–Kier alpha value is -3.71. The van der Waals surface area contributed by atoms with Crippen LogP contribution in [0.3, 0.4) is 0 Å². The molecule has 0 aliphatic heterocycles. The predicted molar refractivity (Wildman–Crippen MR) is 104 cm³/mol. The summed E-state index contributed by atoms with van der Waals surface area (Å²) in [5, 5.41) is 17.3. The third kappa shape index (κ3) is 4.72. The van der Waals surface area contributed by atoms with Gasteiger partial charge >= 0.3 is 5.97 Å². The predicted octanol–water partition coefficient (Wildman–Crippen LogP) is 5.15. The van der Waals surface area contributed by atoms with Crippen LogP contribution in [-0.4, -0.2) is 17.0 Å². The zero-order valence-electron chi connectivity index (χ0n) is 14.4. The molecule has 0 aromatic heterocycles. The Kier molecular flexibility index (Phi) is 5.98. The molecule has 28 heavy (non-hydrogen) atoms.